The summed E-state index contributed by atoms with van der Waals surface area (Å²) in [6.07, 6.45) is 0.175. The lowest BCUT2D eigenvalue weighted by Gasteiger charge is -2.43. The predicted molar refractivity (Wildman–Crippen MR) is 120 cm³/mol. The van der Waals surface area contributed by atoms with Crippen molar-refractivity contribution in [1.29, 1.82) is 0 Å². The molecule has 1 aromatic heterocycles. The van der Waals surface area contributed by atoms with E-state index in [1.165, 1.54) is 12.1 Å². The maximum absolute atomic E-state index is 13.6. The lowest BCUT2D eigenvalue weighted by Crippen LogP contribution is -2.48. The predicted octanol–water partition coefficient (Wildman–Crippen LogP) is 6.57. The van der Waals surface area contributed by atoms with Gasteiger partial charge in [0.2, 0.25) is 5.91 Å². The third-order valence-corrected chi connectivity index (χ3v) is 8.39. The topological polar surface area (TPSA) is 29.5 Å². The first kappa shape index (κ1) is 20.2. The van der Waals surface area contributed by atoms with Gasteiger partial charge in [-0.2, -0.15) is 0 Å². The molecule has 150 valence electrons. The molecule has 7 heteroatoms. The zero-order valence-corrected chi connectivity index (χ0v) is 18.8. The van der Waals surface area contributed by atoms with E-state index < -0.39 is 5.54 Å². The highest BCUT2D eigenvalue weighted by atomic mass is 32.9. The van der Waals surface area contributed by atoms with Gasteiger partial charge in [0.1, 0.15) is 15.4 Å². The Hall–Kier alpha value is -2.09. The van der Waals surface area contributed by atoms with Crippen LogP contribution >= 0.6 is 32.9 Å². The molecule has 0 radical (unpaired) electrons. The molecule has 4 rings (SSSR count). The van der Waals surface area contributed by atoms with Crippen LogP contribution < -0.4 is 9.64 Å². The summed E-state index contributed by atoms with van der Waals surface area (Å²) in [4.78, 5) is 16.5. The fourth-order valence-corrected chi connectivity index (χ4v) is 7.08. The monoisotopic (exact) mass is 445 g/mol. The molecule has 1 aliphatic heterocycles. The van der Waals surface area contributed by atoms with E-state index in [0.717, 1.165) is 31.1 Å². The number of amides is 1. The number of para-hydroxylation sites is 1. The van der Waals surface area contributed by atoms with Crippen LogP contribution in [0.2, 0.25) is 0 Å². The second-order valence-electron chi connectivity index (χ2n) is 7.33. The zero-order chi connectivity index (χ0) is 20.8. The van der Waals surface area contributed by atoms with Crippen molar-refractivity contribution in [1.82, 2.24) is 0 Å². The van der Waals surface area contributed by atoms with E-state index in [9.17, 15) is 9.18 Å². The maximum Gasteiger partial charge on any atom is 0.232 e. The van der Waals surface area contributed by atoms with Gasteiger partial charge in [-0.1, -0.05) is 57.2 Å². The first-order valence-electron chi connectivity index (χ1n) is 9.32. The number of carbonyl (C=O) groups excluding carboxylic acids is 1. The van der Waals surface area contributed by atoms with Crippen molar-refractivity contribution >= 4 is 44.5 Å². The third kappa shape index (κ3) is 3.41. The van der Waals surface area contributed by atoms with Crippen molar-refractivity contribution in [2.75, 3.05) is 11.5 Å². The van der Waals surface area contributed by atoms with Crippen molar-refractivity contribution in [3.8, 4) is 16.9 Å². The van der Waals surface area contributed by atoms with Gasteiger partial charge >= 0.3 is 0 Å². The van der Waals surface area contributed by atoms with Crippen LogP contribution in [-0.4, -0.2) is 12.5 Å². The number of rotatable bonds is 4. The van der Waals surface area contributed by atoms with Gasteiger partial charge in [-0.3, -0.25) is 9.69 Å². The number of ether oxygens (including phenoxy) is 1. The first-order chi connectivity index (χ1) is 13.8. The molecule has 1 amide bonds. The smallest absolute Gasteiger partial charge is 0.232 e. The normalized spacial score (nSPS) is 14.3. The standard InChI is InChI=1S/C22H20FNO2S3/c1-4-26-16-7-5-6-15-18-20(28-29-21(18)27)22(2,3)24(19(15)16)17(25)12-13-8-10-14(23)11-9-13/h5-11H,4,12H2,1-3H3. The quantitative estimate of drug-likeness (QED) is 0.336. The number of hydrogen-bond donors (Lipinski definition) is 0. The molecule has 2 aromatic carbocycles. The summed E-state index contributed by atoms with van der Waals surface area (Å²) >= 11 is 5.63. The Kier molecular flexibility index (Phi) is 5.31. The van der Waals surface area contributed by atoms with Crippen LogP contribution in [0.3, 0.4) is 0 Å². The number of halogens is 1. The molecule has 0 spiro atoms. The maximum atomic E-state index is 13.6. The van der Waals surface area contributed by atoms with Crippen LogP contribution in [0, 0.1) is 9.64 Å². The molecule has 0 saturated heterocycles. The summed E-state index contributed by atoms with van der Waals surface area (Å²) in [5, 5.41) is 0. The van der Waals surface area contributed by atoms with Crippen molar-refractivity contribution in [2.45, 2.75) is 32.7 Å². The molecule has 0 unspecified atom stereocenters. The van der Waals surface area contributed by atoms with Gasteiger partial charge in [0, 0.05) is 11.1 Å². The minimum absolute atomic E-state index is 0.0648. The largest absolute Gasteiger partial charge is 0.492 e. The van der Waals surface area contributed by atoms with Gasteiger partial charge in [-0.15, -0.1) is 0 Å². The van der Waals surface area contributed by atoms with E-state index in [-0.39, 0.29) is 18.1 Å². The fraction of sp³-hybridized carbons (Fsp3) is 0.273. The number of carbonyl (C=O) groups is 1. The van der Waals surface area contributed by atoms with E-state index >= 15 is 0 Å². The van der Waals surface area contributed by atoms with E-state index in [4.69, 9.17) is 17.0 Å². The molecule has 0 fully saturated rings. The third-order valence-electron chi connectivity index (χ3n) is 5.06. The average Bonchev–Trinajstić information content (AvgIpc) is 3.07. The minimum Gasteiger partial charge on any atom is -0.492 e. The van der Waals surface area contributed by atoms with E-state index in [2.05, 4.69) is 0 Å². The molecule has 0 N–H and O–H groups in total. The number of anilines is 1. The van der Waals surface area contributed by atoms with Crippen LogP contribution in [0.25, 0.3) is 11.1 Å². The van der Waals surface area contributed by atoms with Crippen molar-refractivity contribution in [3.63, 3.8) is 0 Å². The second-order valence-corrected chi connectivity index (χ2v) is 10.2. The molecular weight excluding hydrogens is 425 g/mol. The van der Waals surface area contributed by atoms with Gasteiger partial charge < -0.3 is 4.74 Å². The van der Waals surface area contributed by atoms with Gasteiger partial charge in [-0.05, 0) is 44.5 Å². The van der Waals surface area contributed by atoms with E-state index in [1.807, 2.05) is 43.9 Å². The SMILES string of the molecule is CCOc1cccc2c1N(C(=O)Cc1ccc(F)cc1)C(C)(C)c1ssc(=S)c1-2. The molecule has 2 heterocycles. The Labute approximate surface area is 181 Å². The Morgan fingerprint density at radius 3 is 2.59 bits per heavy atom. The summed E-state index contributed by atoms with van der Waals surface area (Å²) in [6.45, 7) is 6.50. The van der Waals surface area contributed by atoms with Gasteiger partial charge in [-0.25, -0.2) is 4.39 Å². The lowest BCUT2D eigenvalue weighted by atomic mass is 9.86. The first-order valence-corrected chi connectivity index (χ1v) is 11.9. The minimum atomic E-state index is -0.578. The molecule has 0 atom stereocenters. The Morgan fingerprint density at radius 2 is 1.90 bits per heavy atom. The van der Waals surface area contributed by atoms with Crippen molar-refractivity contribution in [2.24, 2.45) is 0 Å². The number of hydrogen-bond acceptors (Lipinski definition) is 5. The zero-order valence-electron chi connectivity index (χ0n) is 16.3. The van der Waals surface area contributed by atoms with Gasteiger partial charge in [0.15, 0.2) is 0 Å². The van der Waals surface area contributed by atoms with E-state index in [1.54, 1.807) is 32.8 Å². The Balaban J connectivity index is 1.88. The molecule has 0 aliphatic carbocycles. The lowest BCUT2D eigenvalue weighted by molar-refractivity contribution is -0.119. The molecule has 29 heavy (non-hydrogen) atoms. The molecule has 0 saturated carbocycles. The molecule has 3 nitrogen and oxygen atoms in total. The summed E-state index contributed by atoms with van der Waals surface area (Å²) in [5.74, 6) is 0.290. The molecule has 1 aliphatic rings. The van der Waals surface area contributed by atoms with Gasteiger partial charge in [0.05, 0.1) is 29.1 Å². The van der Waals surface area contributed by atoms with Crippen LogP contribution in [0.4, 0.5) is 10.1 Å². The highest BCUT2D eigenvalue weighted by Crippen LogP contribution is 2.55. The van der Waals surface area contributed by atoms with Crippen LogP contribution in [0.5, 0.6) is 5.75 Å². The second kappa shape index (κ2) is 7.63. The summed E-state index contributed by atoms with van der Waals surface area (Å²) < 4.78 is 20.0. The number of fused-ring (bicyclic) bond motifs is 3. The van der Waals surface area contributed by atoms with Crippen molar-refractivity contribution < 1.29 is 13.9 Å². The fourth-order valence-electron chi connectivity index (χ4n) is 3.80. The Morgan fingerprint density at radius 1 is 1.17 bits per heavy atom. The highest BCUT2D eigenvalue weighted by molar-refractivity contribution is 7.80. The average molecular weight is 446 g/mol. The summed E-state index contributed by atoms with van der Waals surface area (Å²) in [7, 11) is 3.19. The summed E-state index contributed by atoms with van der Waals surface area (Å²) in [5.41, 5.74) is 2.91. The molecule has 3 aromatic rings. The Bertz CT molecular complexity index is 1130. The van der Waals surface area contributed by atoms with Gasteiger partial charge in [0.25, 0.3) is 0 Å². The molecule has 0 bridgehead atoms. The van der Waals surface area contributed by atoms with Crippen LogP contribution in [0.15, 0.2) is 42.5 Å². The van der Waals surface area contributed by atoms with Crippen molar-refractivity contribution in [3.05, 3.63) is 62.5 Å². The number of nitrogens with zero attached hydrogens (tertiary/aromatic N) is 1. The summed E-state index contributed by atoms with van der Waals surface area (Å²) in [6, 6.07) is 11.9. The highest BCUT2D eigenvalue weighted by Gasteiger charge is 2.44. The van der Waals surface area contributed by atoms with Crippen LogP contribution in [-0.2, 0) is 16.8 Å². The number of benzene rings is 2. The van der Waals surface area contributed by atoms with Crippen LogP contribution in [0.1, 0.15) is 31.2 Å². The van der Waals surface area contributed by atoms with E-state index in [0.29, 0.717) is 12.4 Å². The molecular formula is C22H20FNO2S3.